The van der Waals surface area contributed by atoms with E-state index in [1.165, 1.54) is 18.8 Å². The molecule has 0 fully saturated rings. The van der Waals surface area contributed by atoms with Crippen molar-refractivity contribution < 1.29 is 68.3 Å². The molecule has 44 heavy (non-hydrogen) atoms. The molecule has 8 rings (SSSR count). The van der Waals surface area contributed by atoms with Crippen molar-refractivity contribution in [3.05, 3.63) is 97.1 Å². The molecule has 16 heteroatoms. The van der Waals surface area contributed by atoms with Gasteiger partial charge >= 0.3 is 68.3 Å². The first-order chi connectivity index (χ1) is 19.4. The van der Waals surface area contributed by atoms with Crippen LogP contribution in [0, 0.1) is 0 Å². The predicted octanol–water partition coefficient (Wildman–Crippen LogP) is 8.80. The first kappa shape index (κ1) is 41.4. The minimum absolute atomic E-state index is 0. The Hall–Kier alpha value is -0.602. The van der Waals surface area contributed by atoms with Crippen molar-refractivity contribution in [3.63, 3.8) is 0 Å². The third kappa shape index (κ3) is 11.9. The average Bonchev–Trinajstić information content (AvgIpc) is 3.71. The molecule has 0 amide bonds. The van der Waals surface area contributed by atoms with Crippen LogP contribution in [0.5, 0.6) is 0 Å². The van der Waals surface area contributed by atoms with Crippen LogP contribution in [0.2, 0.25) is 0 Å². The number of para-hydroxylation sites is 4. The van der Waals surface area contributed by atoms with E-state index in [4.69, 9.17) is 50.5 Å². The third-order valence-electron chi connectivity index (χ3n) is 5.10. The van der Waals surface area contributed by atoms with Crippen LogP contribution in [0.25, 0.3) is 40.9 Å². The summed E-state index contributed by atoms with van der Waals surface area (Å²) in [6.07, 6.45) is 0. The molecule has 4 aromatic carbocycles. The molecule has 4 heterocycles. The summed E-state index contributed by atoms with van der Waals surface area (Å²) in [7, 11) is 0. The van der Waals surface area contributed by atoms with Crippen molar-refractivity contribution >= 4 is 137 Å². The maximum absolute atomic E-state index is 4.92. The number of hydrogen-bond acceptors (Lipinski definition) is 12. The molecule has 0 N–H and O–H groups in total. The number of fused-ring (bicyclic) bond motifs is 4. The van der Waals surface area contributed by atoms with Gasteiger partial charge in [0.25, 0.3) is 0 Å². The Bertz CT molecular complexity index is 1590. The van der Waals surface area contributed by atoms with Crippen LogP contribution in [-0.4, -0.2) is 19.9 Å². The fourth-order valence-corrected chi connectivity index (χ4v) is 7.66. The summed E-state index contributed by atoms with van der Waals surface area (Å²) in [6, 6.07) is 31.9. The van der Waals surface area contributed by atoms with Crippen molar-refractivity contribution in [2.24, 2.45) is 0 Å². The zero-order valence-corrected chi connectivity index (χ0v) is 31.8. The van der Waals surface area contributed by atoms with Crippen molar-refractivity contribution in [1.82, 2.24) is 19.9 Å². The number of aromatic nitrogens is 4. The molecule has 0 unspecified atom stereocenters. The van der Waals surface area contributed by atoms with Crippen molar-refractivity contribution in [2.45, 2.75) is 17.4 Å². The Balaban J connectivity index is 0.000000285. The molecule has 0 radical (unpaired) electrons. The van der Waals surface area contributed by atoms with E-state index in [0.717, 1.165) is 39.4 Å². The zero-order valence-electron chi connectivity index (χ0n) is 21.5. The van der Waals surface area contributed by atoms with Gasteiger partial charge in [-0.05, 0) is 60.4 Å². The molecule has 0 saturated heterocycles. The van der Waals surface area contributed by atoms with Crippen LogP contribution in [0.15, 0.2) is 114 Å². The van der Waals surface area contributed by atoms with Crippen molar-refractivity contribution in [3.8, 4) is 0 Å². The van der Waals surface area contributed by atoms with Crippen LogP contribution < -0.4 is 0 Å². The molecule has 4 nitrogen and oxygen atoms in total. The monoisotopic (exact) mass is 916 g/mol. The van der Waals surface area contributed by atoms with E-state index in [9.17, 15) is 0 Å². The zero-order chi connectivity index (χ0) is 27.9. The number of nitrogens with zero attached hydrogens (tertiary/aromatic N) is 4. The predicted molar refractivity (Wildman–Crippen MR) is 181 cm³/mol. The van der Waals surface area contributed by atoms with Crippen molar-refractivity contribution in [1.29, 1.82) is 0 Å². The molecule has 0 bridgehead atoms. The molecular weight excluding hydrogens is 903 g/mol. The summed E-state index contributed by atoms with van der Waals surface area (Å²) in [6.45, 7) is 0. The summed E-state index contributed by atoms with van der Waals surface area (Å²) in [4.78, 5) is 16.6. The molecule has 0 saturated carbocycles. The fourth-order valence-electron chi connectivity index (χ4n) is 3.40. The van der Waals surface area contributed by atoms with E-state index in [0.29, 0.717) is 0 Å². The fraction of sp³-hybridized carbons (Fsp3) is 0. The van der Waals surface area contributed by atoms with Gasteiger partial charge in [-0.3, -0.25) is 19.9 Å². The minimum atomic E-state index is 0. The van der Waals surface area contributed by atoms with Gasteiger partial charge in [0.15, 0.2) is 0 Å². The number of thiazole rings is 4. The third-order valence-corrected chi connectivity index (χ3v) is 9.79. The van der Waals surface area contributed by atoms with E-state index >= 15 is 0 Å². The van der Waals surface area contributed by atoms with Gasteiger partial charge in [0.1, 0.15) is 0 Å². The Morgan fingerprint density at radius 2 is 0.500 bits per heavy atom. The Morgan fingerprint density at radius 3 is 0.682 bits per heavy atom. The van der Waals surface area contributed by atoms with Gasteiger partial charge in [-0.2, -0.15) is 0 Å². The number of hydrogen-bond donors (Lipinski definition) is 0. The second kappa shape index (κ2) is 20.6. The molecule has 0 aliphatic carbocycles. The SMILES string of the molecule is [Cu+].[Cu+].[Cu+].[Cu+].[S-]c1nc2ccccc2s1.[S-]c1nc2ccccc2s1.[S-]c1nc2ccccc2s1.[S-]c1nc2ccccc2s1. The first-order valence-electron chi connectivity index (χ1n) is 11.5. The molecule has 0 aliphatic rings. The summed E-state index contributed by atoms with van der Waals surface area (Å²) in [5, 5.41) is 0. The van der Waals surface area contributed by atoms with Gasteiger partial charge < -0.3 is 95.9 Å². The Kier molecular flexibility index (Phi) is 19.4. The van der Waals surface area contributed by atoms with E-state index in [1.54, 1.807) is 45.3 Å². The van der Waals surface area contributed by atoms with Gasteiger partial charge in [-0.1, -0.05) is 72.8 Å². The van der Waals surface area contributed by atoms with Crippen LogP contribution in [-0.2, 0) is 119 Å². The molecule has 4 aromatic heterocycles. The number of benzene rings is 4. The van der Waals surface area contributed by atoms with Gasteiger partial charge in [0, 0.05) is 0 Å². The Labute approximate surface area is 335 Å². The van der Waals surface area contributed by atoms with Gasteiger partial charge in [0.2, 0.25) is 0 Å². The summed E-state index contributed by atoms with van der Waals surface area (Å²) < 4.78 is 7.59. The van der Waals surface area contributed by atoms with Crippen LogP contribution in [0.4, 0.5) is 0 Å². The molecule has 0 spiro atoms. The second-order valence-electron chi connectivity index (χ2n) is 7.79. The topological polar surface area (TPSA) is 51.6 Å². The normalized spacial score (nSPS) is 9.45. The van der Waals surface area contributed by atoms with Crippen LogP contribution in [0.1, 0.15) is 0 Å². The standard InChI is InChI=1S/4C7H5NS2.4Cu/c4*9-7-8-5-3-1-2-4-6(5)10-7;;;;/h4*1-4H,(H,8,9);;;;/q;;;;4*+1/p-4. The minimum Gasteiger partial charge on any atom is -0.408 e. The molecular formula is C28H16Cu4N4S8. The van der Waals surface area contributed by atoms with Crippen molar-refractivity contribution in [2.75, 3.05) is 0 Å². The quantitative estimate of drug-likeness (QED) is 0.111. The van der Waals surface area contributed by atoms with Gasteiger partial charge in [0.05, 0.1) is 22.1 Å². The first-order valence-corrected chi connectivity index (χ1v) is 16.4. The summed E-state index contributed by atoms with van der Waals surface area (Å²) in [5.74, 6) is 0. The molecule has 8 aromatic rings. The van der Waals surface area contributed by atoms with E-state index in [1.807, 2.05) is 97.1 Å². The maximum Gasteiger partial charge on any atom is 1.00 e. The van der Waals surface area contributed by atoms with Crippen LogP contribution >= 0.6 is 45.3 Å². The van der Waals surface area contributed by atoms with E-state index in [-0.39, 0.29) is 68.3 Å². The maximum atomic E-state index is 4.92. The summed E-state index contributed by atoms with van der Waals surface area (Å²) >= 11 is 25.9. The van der Waals surface area contributed by atoms with E-state index < -0.39 is 0 Å². The smallest absolute Gasteiger partial charge is 0.408 e. The largest absolute Gasteiger partial charge is 1.00 e. The summed E-state index contributed by atoms with van der Waals surface area (Å²) in [5.41, 5.74) is 4.05. The average molecular weight is 919 g/mol. The van der Waals surface area contributed by atoms with E-state index in [2.05, 4.69) is 19.9 Å². The molecule has 0 atom stereocenters. The number of rotatable bonds is 0. The van der Waals surface area contributed by atoms with Gasteiger partial charge in [-0.25, -0.2) is 0 Å². The molecule has 240 valence electrons. The Morgan fingerprint density at radius 1 is 0.318 bits per heavy atom. The second-order valence-corrected chi connectivity index (χ2v) is 14.5. The molecule has 0 aliphatic heterocycles. The van der Waals surface area contributed by atoms with Gasteiger partial charge in [-0.15, -0.1) is 0 Å². The van der Waals surface area contributed by atoms with Crippen LogP contribution in [0.3, 0.4) is 0 Å².